The van der Waals surface area contributed by atoms with Crippen molar-refractivity contribution in [3.8, 4) is 0 Å². The average Bonchev–Trinajstić information content (AvgIpc) is 2.38. The maximum atomic E-state index is 12.1. The van der Waals surface area contributed by atoms with Crippen LogP contribution >= 0.6 is 0 Å². The van der Waals surface area contributed by atoms with Gasteiger partial charge in [-0.25, -0.2) is 0 Å². The Labute approximate surface area is 110 Å². The Hall–Kier alpha value is -1.13. The van der Waals surface area contributed by atoms with Crippen LogP contribution in [0.1, 0.15) is 12.8 Å². The van der Waals surface area contributed by atoms with Gasteiger partial charge in [-0.1, -0.05) is 12.2 Å². The molecule has 2 N–H and O–H groups in total. The highest BCUT2D eigenvalue weighted by atomic mass is 16.2. The predicted octanol–water partition coefficient (Wildman–Crippen LogP) is 0.858. The van der Waals surface area contributed by atoms with E-state index >= 15 is 0 Å². The average molecular weight is 251 g/mol. The van der Waals surface area contributed by atoms with Gasteiger partial charge in [0.05, 0.1) is 6.54 Å². The minimum atomic E-state index is 0.146. The summed E-state index contributed by atoms with van der Waals surface area (Å²) in [6.07, 6.45) is 5.82. The van der Waals surface area contributed by atoms with Crippen LogP contribution in [-0.2, 0) is 4.79 Å². The number of hydrogen-bond donors (Lipinski definition) is 1. The molecule has 4 nitrogen and oxygen atoms in total. The summed E-state index contributed by atoms with van der Waals surface area (Å²) in [6.45, 7) is 11.7. The van der Waals surface area contributed by atoms with E-state index in [0.29, 0.717) is 32.1 Å². The SMILES string of the molecule is C=CCN(CC=C)C(=O)CN1CCCC(CN)C1. The maximum Gasteiger partial charge on any atom is 0.237 e. The van der Waals surface area contributed by atoms with Gasteiger partial charge in [0, 0.05) is 19.6 Å². The van der Waals surface area contributed by atoms with Crippen molar-refractivity contribution < 1.29 is 4.79 Å². The number of nitrogens with two attached hydrogens (primary N) is 1. The second-order valence-electron chi connectivity index (χ2n) is 4.86. The number of hydrogen-bond acceptors (Lipinski definition) is 3. The molecule has 102 valence electrons. The van der Waals surface area contributed by atoms with Gasteiger partial charge >= 0.3 is 0 Å². The quantitative estimate of drug-likeness (QED) is 0.683. The molecule has 0 aliphatic carbocycles. The summed E-state index contributed by atoms with van der Waals surface area (Å²) in [5.74, 6) is 0.686. The Bertz CT molecular complexity index is 281. The van der Waals surface area contributed by atoms with E-state index in [1.165, 1.54) is 6.42 Å². The van der Waals surface area contributed by atoms with Crippen LogP contribution in [0, 0.1) is 5.92 Å². The Morgan fingerprint density at radius 3 is 2.61 bits per heavy atom. The molecule has 0 bridgehead atoms. The molecule has 1 unspecified atom stereocenters. The van der Waals surface area contributed by atoms with E-state index in [4.69, 9.17) is 5.73 Å². The normalized spacial score (nSPS) is 20.4. The fourth-order valence-corrected chi connectivity index (χ4v) is 2.37. The molecular formula is C14H25N3O. The summed E-state index contributed by atoms with van der Waals surface area (Å²) in [4.78, 5) is 16.1. The molecule has 0 aromatic heterocycles. The summed E-state index contributed by atoms with van der Waals surface area (Å²) < 4.78 is 0. The summed E-state index contributed by atoms with van der Waals surface area (Å²) in [7, 11) is 0. The van der Waals surface area contributed by atoms with Crippen molar-refractivity contribution >= 4 is 5.91 Å². The lowest BCUT2D eigenvalue weighted by molar-refractivity contribution is -0.131. The molecule has 1 aliphatic rings. The minimum Gasteiger partial charge on any atom is -0.334 e. The Balaban J connectivity index is 2.45. The third-order valence-corrected chi connectivity index (χ3v) is 3.35. The van der Waals surface area contributed by atoms with Crippen molar-refractivity contribution in [3.63, 3.8) is 0 Å². The highest BCUT2D eigenvalue weighted by Gasteiger charge is 2.22. The van der Waals surface area contributed by atoms with E-state index in [1.807, 2.05) is 0 Å². The van der Waals surface area contributed by atoms with Crippen LogP contribution in [0.5, 0.6) is 0 Å². The van der Waals surface area contributed by atoms with Crippen LogP contribution in [0.15, 0.2) is 25.3 Å². The number of amides is 1. The van der Waals surface area contributed by atoms with Gasteiger partial charge in [0.2, 0.25) is 5.91 Å². The molecule has 1 atom stereocenters. The molecule has 1 rings (SSSR count). The molecule has 1 aliphatic heterocycles. The zero-order chi connectivity index (χ0) is 13.4. The maximum absolute atomic E-state index is 12.1. The van der Waals surface area contributed by atoms with Crippen molar-refractivity contribution in [2.24, 2.45) is 11.7 Å². The van der Waals surface area contributed by atoms with Crippen LogP contribution in [0.25, 0.3) is 0 Å². The zero-order valence-electron chi connectivity index (χ0n) is 11.2. The van der Waals surface area contributed by atoms with E-state index in [2.05, 4.69) is 18.1 Å². The summed E-state index contributed by atoms with van der Waals surface area (Å²) in [6, 6.07) is 0. The van der Waals surface area contributed by atoms with Crippen LogP contribution < -0.4 is 5.73 Å². The van der Waals surface area contributed by atoms with Gasteiger partial charge in [-0.05, 0) is 31.8 Å². The molecule has 0 aromatic rings. The number of rotatable bonds is 7. The van der Waals surface area contributed by atoms with E-state index < -0.39 is 0 Å². The number of carbonyl (C=O) groups is 1. The fourth-order valence-electron chi connectivity index (χ4n) is 2.37. The van der Waals surface area contributed by atoms with Gasteiger partial charge in [0.1, 0.15) is 0 Å². The first kappa shape index (κ1) is 14.9. The second-order valence-corrected chi connectivity index (χ2v) is 4.86. The highest BCUT2D eigenvalue weighted by Crippen LogP contribution is 2.15. The van der Waals surface area contributed by atoms with Crippen molar-refractivity contribution in [2.45, 2.75) is 12.8 Å². The number of nitrogens with zero attached hydrogens (tertiary/aromatic N) is 2. The van der Waals surface area contributed by atoms with Crippen molar-refractivity contribution in [2.75, 3.05) is 39.3 Å². The number of likely N-dealkylation sites (tertiary alicyclic amines) is 1. The molecule has 0 aromatic carbocycles. The highest BCUT2D eigenvalue weighted by molar-refractivity contribution is 5.78. The standard InChI is InChI=1S/C14H25N3O/c1-3-7-17(8-4-2)14(18)12-16-9-5-6-13(10-15)11-16/h3-4,13H,1-2,5-12,15H2. The lowest BCUT2D eigenvalue weighted by Crippen LogP contribution is -2.45. The summed E-state index contributed by atoms with van der Waals surface area (Å²) in [5, 5.41) is 0. The monoisotopic (exact) mass is 251 g/mol. The fraction of sp³-hybridized carbons (Fsp3) is 0.643. The summed E-state index contributed by atoms with van der Waals surface area (Å²) in [5.41, 5.74) is 5.70. The first-order valence-corrected chi connectivity index (χ1v) is 6.63. The molecule has 4 heteroatoms. The largest absolute Gasteiger partial charge is 0.334 e. The van der Waals surface area contributed by atoms with Crippen LogP contribution in [-0.4, -0.2) is 55.0 Å². The molecule has 1 amide bonds. The van der Waals surface area contributed by atoms with Crippen molar-refractivity contribution in [1.29, 1.82) is 0 Å². The smallest absolute Gasteiger partial charge is 0.237 e. The van der Waals surface area contributed by atoms with E-state index in [0.717, 1.165) is 19.5 Å². The molecule has 1 fully saturated rings. The van der Waals surface area contributed by atoms with Gasteiger partial charge in [-0.2, -0.15) is 0 Å². The van der Waals surface area contributed by atoms with Gasteiger partial charge in [0.15, 0.2) is 0 Å². The Morgan fingerprint density at radius 1 is 1.39 bits per heavy atom. The topological polar surface area (TPSA) is 49.6 Å². The van der Waals surface area contributed by atoms with Crippen LogP contribution in [0.2, 0.25) is 0 Å². The molecular weight excluding hydrogens is 226 g/mol. The number of piperidine rings is 1. The van der Waals surface area contributed by atoms with Crippen molar-refractivity contribution in [1.82, 2.24) is 9.80 Å². The zero-order valence-corrected chi connectivity index (χ0v) is 11.2. The van der Waals surface area contributed by atoms with Crippen molar-refractivity contribution in [3.05, 3.63) is 25.3 Å². The molecule has 0 spiro atoms. The lowest BCUT2D eigenvalue weighted by Gasteiger charge is -2.33. The van der Waals surface area contributed by atoms with Gasteiger partial charge in [-0.3, -0.25) is 9.69 Å². The van der Waals surface area contributed by atoms with Gasteiger partial charge in [0.25, 0.3) is 0 Å². The first-order chi connectivity index (χ1) is 8.71. The van der Waals surface area contributed by atoms with Crippen LogP contribution in [0.3, 0.4) is 0 Å². The molecule has 1 saturated heterocycles. The van der Waals surface area contributed by atoms with E-state index in [-0.39, 0.29) is 5.91 Å². The molecule has 0 radical (unpaired) electrons. The van der Waals surface area contributed by atoms with Gasteiger partial charge < -0.3 is 10.6 Å². The summed E-state index contributed by atoms with van der Waals surface area (Å²) >= 11 is 0. The lowest BCUT2D eigenvalue weighted by atomic mass is 9.98. The predicted molar refractivity (Wildman–Crippen MR) is 75.2 cm³/mol. The van der Waals surface area contributed by atoms with Crippen LogP contribution in [0.4, 0.5) is 0 Å². The second kappa shape index (κ2) is 8.06. The minimum absolute atomic E-state index is 0.146. The van der Waals surface area contributed by atoms with E-state index in [9.17, 15) is 4.79 Å². The van der Waals surface area contributed by atoms with E-state index in [1.54, 1.807) is 17.1 Å². The molecule has 18 heavy (non-hydrogen) atoms. The Morgan fingerprint density at radius 2 is 2.06 bits per heavy atom. The Kier molecular flexibility index (Phi) is 6.68. The first-order valence-electron chi connectivity index (χ1n) is 6.63. The third kappa shape index (κ3) is 4.63. The number of carbonyl (C=O) groups excluding carboxylic acids is 1. The third-order valence-electron chi connectivity index (χ3n) is 3.35. The molecule has 1 heterocycles. The van der Waals surface area contributed by atoms with Gasteiger partial charge in [-0.15, -0.1) is 13.2 Å². The molecule has 0 saturated carbocycles.